The molecule has 0 saturated carbocycles. The van der Waals surface area contributed by atoms with Crippen LogP contribution in [0.2, 0.25) is 0 Å². The summed E-state index contributed by atoms with van der Waals surface area (Å²) < 4.78 is 28.7. The summed E-state index contributed by atoms with van der Waals surface area (Å²) in [6, 6.07) is 6.12. The summed E-state index contributed by atoms with van der Waals surface area (Å²) in [6.45, 7) is 0.633. The molecule has 0 fully saturated rings. The van der Waals surface area contributed by atoms with Crippen LogP contribution in [-0.4, -0.2) is 23.2 Å². The van der Waals surface area contributed by atoms with Gasteiger partial charge in [0.25, 0.3) is 0 Å². The predicted octanol–water partition coefficient (Wildman–Crippen LogP) is 3.14. The molecule has 2 aromatic rings. The molecule has 0 saturated heterocycles. The van der Waals surface area contributed by atoms with Gasteiger partial charge in [0.05, 0.1) is 12.1 Å². The number of halogens is 2. The van der Waals surface area contributed by atoms with Crippen LogP contribution in [0.3, 0.4) is 0 Å². The van der Waals surface area contributed by atoms with Crippen LogP contribution in [0.5, 0.6) is 5.75 Å². The second-order valence-corrected chi connectivity index (χ2v) is 5.64. The van der Waals surface area contributed by atoms with Crippen molar-refractivity contribution < 1.29 is 18.3 Å². The molecule has 1 aromatic carbocycles. The maximum atomic E-state index is 12.2. The minimum atomic E-state index is -2.89. The van der Waals surface area contributed by atoms with E-state index >= 15 is 0 Å². The molecule has 1 N–H and O–H groups in total. The van der Waals surface area contributed by atoms with Crippen LogP contribution in [0.15, 0.2) is 34.7 Å². The number of carbonyl (C=O) groups is 1. The van der Waals surface area contributed by atoms with Crippen molar-refractivity contribution in [3.8, 4) is 5.75 Å². The Morgan fingerprint density at radius 3 is 2.91 bits per heavy atom. The van der Waals surface area contributed by atoms with Crippen molar-refractivity contribution in [3.63, 3.8) is 0 Å². The maximum Gasteiger partial charge on any atom is 0.387 e. The number of hydrazone groups is 1. The summed E-state index contributed by atoms with van der Waals surface area (Å²) in [5.74, 6) is -0.254. The van der Waals surface area contributed by atoms with Crippen molar-refractivity contribution in [1.29, 1.82) is 0 Å². The van der Waals surface area contributed by atoms with Crippen molar-refractivity contribution >= 4 is 23.0 Å². The number of aromatic nitrogens is 1. The van der Waals surface area contributed by atoms with Gasteiger partial charge < -0.3 is 4.74 Å². The summed E-state index contributed by atoms with van der Waals surface area (Å²) in [5, 5.41) is 6.54. The Balaban J connectivity index is 1.97. The highest BCUT2D eigenvalue weighted by molar-refractivity contribution is 7.09. The van der Waals surface area contributed by atoms with Gasteiger partial charge in [0.2, 0.25) is 5.91 Å². The van der Waals surface area contributed by atoms with Crippen LogP contribution in [-0.2, 0) is 11.2 Å². The summed E-state index contributed by atoms with van der Waals surface area (Å²) in [7, 11) is 0. The van der Waals surface area contributed by atoms with Crippen molar-refractivity contribution in [2.75, 3.05) is 0 Å². The van der Waals surface area contributed by atoms with Gasteiger partial charge in [-0.3, -0.25) is 4.79 Å². The molecule has 5 nitrogen and oxygen atoms in total. The lowest BCUT2D eigenvalue weighted by Gasteiger charge is -2.07. The topological polar surface area (TPSA) is 63.6 Å². The highest BCUT2D eigenvalue weighted by Gasteiger charge is 2.08. The fourth-order valence-electron chi connectivity index (χ4n) is 1.77. The van der Waals surface area contributed by atoms with E-state index in [0.29, 0.717) is 16.3 Å². The first-order valence-electron chi connectivity index (χ1n) is 6.73. The molecule has 0 unspecified atom stereocenters. The Hall–Kier alpha value is -2.35. The van der Waals surface area contributed by atoms with Gasteiger partial charge in [0.15, 0.2) is 0 Å². The molecule has 0 aliphatic heterocycles. The van der Waals surface area contributed by atoms with Crippen LogP contribution in [0.4, 0.5) is 8.78 Å². The van der Waals surface area contributed by atoms with E-state index in [1.807, 2.05) is 12.3 Å². The zero-order chi connectivity index (χ0) is 16.8. The van der Waals surface area contributed by atoms with Gasteiger partial charge in [-0.05, 0) is 26.0 Å². The third kappa shape index (κ3) is 5.41. The highest BCUT2D eigenvalue weighted by Crippen LogP contribution is 2.16. The molecule has 0 aliphatic rings. The zero-order valence-corrected chi connectivity index (χ0v) is 13.4. The average Bonchev–Trinajstić information content (AvgIpc) is 2.89. The zero-order valence-electron chi connectivity index (χ0n) is 12.5. The summed E-state index contributed by atoms with van der Waals surface area (Å²) in [6.07, 6.45) is 0.143. The smallest absolute Gasteiger partial charge is 0.387 e. The second kappa shape index (κ2) is 7.77. The Bertz CT molecular complexity index is 716. The number of amides is 1. The molecule has 8 heteroatoms. The fourth-order valence-corrected chi connectivity index (χ4v) is 2.54. The number of benzene rings is 1. The molecular weight excluding hydrogens is 324 g/mol. The number of hydrogen-bond acceptors (Lipinski definition) is 5. The van der Waals surface area contributed by atoms with E-state index in [1.54, 1.807) is 19.1 Å². The van der Waals surface area contributed by atoms with Crippen molar-refractivity contribution in [3.05, 3.63) is 45.9 Å². The van der Waals surface area contributed by atoms with E-state index in [4.69, 9.17) is 0 Å². The molecule has 0 aliphatic carbocycles. The molecule has 23 heavy (non-hydrogen) atoms. The largest absolute Gasteiger partial charge is 0.435 e. The SMILES string of the molecule is C/C(=N/NC(=O)Cc1nc(C)cs1)c1cccc(OC(F)F)c1. The second-order valence-electron chi connectivity index (χ2n) is 4.70. The van der Waals surface area contributed by atoms with Crippen LogP contribution in [0.1, 0.15) is 23.2 Å². The van der Waals surface area contributed by atoms with Gasteiger partial charge in [-0.15, -0.1) is 11.3 Å². The van der Waals surface area contributed by atoms with E-state index in [9.17, 15) is 13.6 Å². The minimum Gasteiger partial charge on any atom is -0.435 e. The maximum absolute atomic E-state index is 12.2. The molecule has 0 radical (unpaired) electrons. The van der Waals surface area contributed by atoms with E-state index in [1.165, 1.54) is 23.5 Å². The fraction of sp³-hybridized carbons (Fsp3) is 0.267. The molecule has 1 aromatic heterocycles. The van der Waals surface area contributed by atoms with E-state index in [2.05, 4.69) is 20.2 Å². The number of alkyl halides is 2. The number of hydrogen-bond donors (Lipinski definition) is 1. The first-order chi connectivity index (χ1) is 10.9. The van der Waals surface area contributed by atoms with Crippen molar-refractivity contribution in [2.24, 2.45) is 5.10 Å². The van der Waals surface area contributed by atoms with Gasteiger partial charge >= 0.3 is 6.61 Å². The number of ether oxygens (including phenoxy) is 1. The normalized spacial score (nSPS) is 11.6. The highest BCUT2D eigenvalue weighted by atomic mass is 32.1. The monoisotopic (exact) mass is 339 g/mol. The van der Waals surface area contributed by atoms with Crippen LogP contribution >= 0.6 is 11.3 Å². The molecule has 122 valence electrons. The molecule has 2 rings (SSSR count). The third-order valence-electron chi connectivity index (χ3n) is 2.80. The Morgan fingerprint density at radius 1 is 1.48 bits per heavy atom. The molecule has 1 heterocycles. The first-order valence-corrected chi connectivity index (χ1v) is 7.61. The average molecular weight is 339 g/mol. The Labute approximate surface area is 136 Å². The van der Waals surface area contributed by atoms with Gasteiger partial charge in [-0.1, -0.05) is 12.1 Å². The van der Waals surface area contributed by atoms with Crippen molar-refractivity contribution in [2.45, 2.75) is 26.9 Å². The van der Waals surface area contributed by atoms with Crippen LogP contribution in [0, 0.1) is 6.92 Å². The number of nitrogens with zero attached hydrogens (tertiary/aromatic N) is 2. The van der Waals surface area contributed by atoms with Crippen molar-refractivity contribution in [1.82, 2.24) is 10.4 Å². The standard InChI is InChI=1S/C15H15F2N3O2S/c1-9-8-23-14(18-9)7-13(21)20-19-10(2)11-4-3-5-12(6-11)22-15(16)17/h3-6,8,15H,7H2,1-2H3,(H,20,21)/b19-10-. The molecule has 0 atom stereocenters. The van der Waals surface area contributed by atoms with Gasteiger partial charge in [-0.2, -0.15) is 13.9 Å². The van der Waals surface area contributed by atoms with Gasteiger partial charge in [0, 0.05) is 16.6 Å². The minimum absolute atomic E-state index is 0.0386. The van der Waals surface area contributed by atoms with E-state index in [-0.39, 0.29) is 18.1 Å². The van der Waals surface area contributed by atoms with E-state index in [0.717, 1.165) is 5.69 Å². The first kappa shape index (κ1) is 17.0. The number of nitrogens with one attached hydrogen (secondary N) is 1. The number of rotatable bonds is 6. The molecule has 1 amide bonds. The number of carbonyl (C=O) groups excluding carboxylic acids is 1. The number of thiazole rings is 1. The molecule has 0 bridgehead atoms. The lowest BCUT2D eigenvalue weighted by atomic mass is 10.1. The quantitative estimate of drug-likeness (QED) is 0.650. The molecule has 0 spiro atoms. The van der Waals surface area contributed by atoms with Gasteiger partial charge in [-0.25, -0.2) is 10.4 Å². The Morgan fingerprint density at radius 2 is 2.26 bits per heavy atom. The lowest BCUT2D eigenvalue weighted by Crippen LogP contribution is -2.21. The van der Waals surface area contributed by atoms with Crippen LogP contribution < -0.4 is 10.2 Å². The third-order valence-corrected chi connectivity index (χ3v) is 3.77. The summed E-state index contributed by atoms with van der Waals surface area (Å²) in [5.41, 5.74) is 4.35. The summed E-state index contributed by atoms with van der Waals surface area (Å²) >= 11 is 1.41. The van der Waals surface area contributed by atoms with E-state index < -0.39 is 6.61 Å². The van der Waals surface area contributed by atoms with Crippen LogP contribution in [0.25, 0.3) is 0 Å². The Kier molecular flexibility index (Phi) is 5.75. The molecular formula is C15H15F2N3O2S. The van der Waals surface area contributed by atoms with Gasteiger partial charge in [0.1, 0.15) is 10.8 Å². The summed E-state index contributed by atoms with van der Waals surface area (Å²) in [4.78, 5) is 16.0. The predicted molar refractivity (Wildman–Crippen MR) is 84.0 cm³/mol. The lowest BCUT2D eigenvalue weighted by molar-refractivity contribution is -0.120. The number of aryl methyl sites for hydroxylation is 1.